The monoisotopic (exact) mass is 636 g/mol. The highest BCUT2D eigenvalue weighted by Crippen LogP contribution is 2.48. The minimum Gasteiger partial charge on any atom is -0.508 e. The summed E-state index contributed by atoms with van der Waals surface area (Å²) in [6.07, 6.45) is 11.4. The van der Waals surface area contributed by atoms with Crippen LogP contribution >= 0.6 is 0 Å². The molecule has 5 aliphatic rings. The summed E-state index contributed by atoms with van der Waals surface area (Å²) in [5.41, 5.74) is 1.05. The van der Waals surface area contributed by atoms with Crippen molar-refractivity contribution in [3.05, 3.63) is 41.7 Å². The summed E-state index contributed by atoms with van der Waals surface area (Å²) < 4.78 is 35.5. The van der Waals surface area contributed by atoms with Crippen LogP contribution in [0, 0.1) is 23.6 Å². The predicted molar refractivity (Wildman–Crippen MR) is 175 cm³/mol. The molecular weight excluding hydrogens is 599 g/mol. The van der Waals surface area contributed by atoms with Gasteiger partial charge in [0.25, 0.3) is 0 Å². The highest BCUT2D eigenvalue weighted by Gasteiger charge is 2.47. The SMILES string of the molecule is C#Cc1cccc2cc(O)cc(-c3nc4c5c(nc(OCC6(CN7CC[C@@H](OC)C7)CC6)nc5c3F)N3C[C@H]5CC[C@H](N5)[C@H]3CO4)c12. The summed E-state index contributed by atoms with van der Waals surface area (Å²) in [4.78, 5) is 19.2. The van der Waals surface area contributed by atoms with Gasteiger partial charge in [-0.2, -0.15) is 9.97 Å². The molecule has 0 amide bonds. The number of nitrogens with zero attached hydrogens (tertiary/aromatic N) is 5. The zero-order valence-corrected chi connectivity index (χ0v) is 26.3. The van der Waals surface area contributed by atoms with Gasteiger partial charge in [0.15, 0.2) is 5.82 Å². The van der Waals surface area contributed by atoms with E-state index in [2.05, 4.69) is 21.0 Å². The van der Waals surface area contributed by atoms with Crippen LogP contribution in [0.2, 0.25) is 0 Å². The van der Waals surface area contributed by atoms with E-state index in [9.17, 15) is 5.11 Å². The van der Waals surface area contributed by atoms with Gasteiger partial charge in [-0.05, 0) is 55.7 Å². The lowest BCUT2D eigenvalue weighted by Crippen LogP contribution is -2.60. The lowest BCUT2D eigenvalue weighted by molar-refractivity contribution is 0.100. The second kappa shape index (κ2) is 10.9. The minimum atomic E-state index is -0.639. The van der Waals surface area contributed by atoms with Crippen molar-refractivity contribution in [2.75, 3.05) is 51.4 Å². The van der Waals surface area contributed by atoms with Gasteiger partial charge in [0.2, 0.25) is 5.88 Å². The minimum absolute atomic E-state index is 0.00581. The quantitative estimate of drug-likeness (QED) is 0.286. The number of anilines is 1. The number of benzene rings is 2. The molecule has 10 nitrogen and oxygen atoms in total. The van der Waals surface area contributed by atoms with Crippen LogP contribution < -0.4 is 19.7 Å². The van der Waals surface area contributed by atoms with Crippen LogP contribution in [0.15, 0.2) is 30.3 Å². The number of methoxy groups -OCH3 is 1. The number of aromatic hydroxyl groups is 1. The van der Waals surface area contributed by atoms with Crippen molar-refractivity contribution in [3.8, 4) is 41.2 Å². The van der Waals surface area contributed by atoms with Gasteiger partial charge in [-0.3, -0.25) is 4.90 Å². The lowest BCUT2D eigenvalue weighted by atomic mass is 9.96. The van der Waals surface area contributed by atoms with Crippen LogP contribution in [0.4, 0.5) is 10.2 Å². The molecule has 11 heteroatoms. The standard InChI is InChI=1S/C36H37FN6O4/c1-3-20-5-4-6-21-13-23(44)14-25(28(20)21)31-30(37)32-29-33(43-15-22-7-8-26(38-22)27(43)17-46-34(29)39-31)41-35(40-32)47-19-36(10-11-36)18-42-12-9-24(16-42)45-2/h1,4-6,13-14,22,24,26-27,38,44H,7-12,15-19H2,2H3/t22-,24-,26+,27-/m1/s1. The maximum atomic E-state index is 17.1. The molecule has 4 atom stereocenters. The number of piperazine rings is 1. The van der Waals surface area contributed by atoms with E-state index in [1.54, 1.807) is 19.2 Å². The fraction of sp³-hybridized carbons (Fsp3) is 0.472. The number of phenolic OH excluding ortho intramolecular Hbond substituents is 1. The Morgan fingerprint density at radius 2 is 2.04 bits per heavy atom. The van der Waals surface area contributed by atoms with Gasteiger partial charge in [-0.25, -0.2) is 9.37 Å². The van der Waals surface area contributed by atoms with Crippen molar-refractivity contribution in [3.63, 3.8) is 0 Å². The van der Waals surface area contributed by atoms with Crippen LogP contribution in [0.25, 0.3) is 32.9 Å². The lowest BCUT2D eigenvalue weighted by Gasteiger charge is -2.40. The van der Waals surface area contributed by atoms with E-state index in [1.165, 1.54) is 6.07 Å². The molecule has 0 unspecified atom stereocenters. The first-order chi connectivity index (χ1) is 22.9. The van der Waals surface area contributed by atoms with Crippen molar-refractivity contribution in [2.45, 2.75) is 56.3 Å². The molecule has 4 fully saturated rings. The number of phenols is 1. The number of hydrogen-bond acceptors (Lipinski definition) is 10. The van der Waals surface area contributed by atoms with E-state index < -0.39 is 5.82 Å². The number of hydrogen-bond donors (Lipinski definition) is 2. The molecule has 2 bridgehead atoms. The zero-order valence-electron chi connectivity index (χ0n) is 26.3. The van der Waals surface area contributed by atoms with Gasteiger partial charge in [0.1, 0.15) is 34.8 Å². The first-order valence-electron chi connectivity index (χ1n) is 16.6. The van der Waals surface area contributed by atoms with Gasteiger partial charge in [0.05, 0.1) is 18.8 Å². The molecule has 4 aromatic rings. The summed E-state index contributed by atoms with van der Waals surface area (Å²) in [6, 6.07) is 9.24. The van der Waals surface area contributed by atoms with Crippen LogP contribution in [-0.4, -0.2) is 95.7 Å². The molecule has 3 saturated heterocycles. The third-order valence-electron chi connectivity index (χ3n) is 10.9. The van der Waals surface area contributed by atoms with Crippen LogP contribution in [-0.2, 0) is 4.74 Å². The molecule has 6 heterocycles. The summed E-state index contributed by atoms with van der Waals surface area (Å²) in [5, 5.41) is 16.2. The van der Waals surface area contributed by atoms with Gasteiger partial charge in [0, 0.05) is 67.3 Å². The summed E-state index contributed by atoms with van der Waals surface area (Å²) in [6.45, 7) is 4.41. The van der Waals surface area contributed by atoms with Gasteiger partial charge < -0.3 is 29.5 Å². The van der Waals surface area contributed by atoms with Crippen LogP contribution in [0.1, 0.15) is 37.7 Å². The fourth-order valence-corrected chi connectivity index (χ4v) is 8.23. The number of fused-ring (bicyclic) bond motifs is 6. The number of ether oxygens (including phenoxy) is 3. The van der Waals surface area contributed by atoms with E-state index in [-0.39, 0.29) is 52.5 Å². The van der Waals surface area contributed by atoms with E-state index in [0.29, 0.717) is 52.4 Å². The maximum Gasteiger partial charge on any atom is 0.319 e. The van der Waals surface area contributed by atoms with Gasteiger partial charge >= 0.3 is 6.01 Å². The van der Waals surface area contributed by atoms with Crippen molar-refractivity contribution < 1.29 is 23.7 Å². The van der Waals surface area contributed by atoms with E-state index in [4.69, 9.17) is 35.6 Å². The van der Waals surface area contributed by atoms with Gasteiger partial charge in [-0.15, -0.1) is 6.42 Å². The Labute approximate surface area is 272 Å². The molecular formula is C36H37FN6O4. The molecule has 9 rings (SSSR count). The first-order valence-corrected chi connectivity index (χ1v) is 16.6. The molecule has 0 radical (unpaired) electrons. The van der Waals surface area contributed by atoms with E-state index >= 15 is 4.39 Å². The van der Waals surface area contributed by atoms with E-state index in [0.717, 1.165) is 58.3 Å². The summed E-state index contributed by atoms with van der Waals surface area (Å²) >= 11 is 0. The fourth-order valence-electron chi connectivity index (χ4n) is 8.23. The molecule has 4 aliphatic heterocycles. The number of pyridine rings is 1. The number of likely N-dealkylation sites (tertiary alicyclic amines) is 1. The largest absolute Gasteiger partial charge is 0.508 e. The van der Waals surface area contributed by atoms with Crippen molar-refractivity contribution in [1.29, 1.82) is 0 Å². The number of halogens is 1. The van der Waals surface area contributed by atoms with Gasteiger partial charge in [-0.1, -0.05) is 18.1 Å². The topological polar surface area (TPSA) is 105 Å². The Kier molecular flexibility index (Phi) is 6.72. The second-order valence-corrected chi connectivity index (χ2v) is 13.9. The Morgan fingerprint density at radius 3 is 2.85 bits per heavy atom. The number of rotatable bonds is 7. The molecule has 2 aromatic heterocycles. The van der Waals surface area contributed by atoms with Crippen molar-refractivity contribution >= 4 is 27.5 Å². The molecule has 1 saturated carbocycles. The smallest absolute Gasteiger partial charge is 0.319 e. The predicted octanol–water partition coefficient (Wildman–Crippen LogP) is 4.25. The first kappa shape index (κ1) is 28.9. The molecule has 1 aliphatic carbocycles. The molecule has 2 N–H and O–H groups in total. The molecule has 2 aromatic carbocycles. The van der Waals surface area contributed by atoms with E-state index in [1.807, 2.05) is 12.1 Å². The third kappa shape index (κ3) is 4.84. The zero-order chi connectivity index (χ0) is 31.9. The maximum absolute atomic E-state index is 17.1. The highest BCUT2D eigenvalue weighted by atomic mass is 19.1. The Hall–Kier alpha value is -4.24. The highest BCUT2D eigenvalue weighted by molar-refractivity contribution is 6.04. The molecule has 242 valence electrons. The molecule has 47 heavy (non-hydrogen) atoms. The Morgan fingerprint density at radius 1 is 1.15 bits per heavy atom. The Balaban J connectivity index is 1.17. The molecule has 0 spiro atoms. The average Bonchev–Trinajstić information content (AvgIpc) is 3.56. The summed E-state index contributed by atoms with van der Waals surface area (Å²) in [5.74, 6) is 2.90. The average molecular weight is 637 g/mol. The summed E-state index contributed by atoms with van der Waals surface area (Å²) in [7, 11) is 1.78. The third-order valence-corrected chi connectivity index (χ3v) is 10.9. The number of aromatic nitrogens is 3. The van der Waals surface area contributed by atoms with Crippen molar-refractivity contribution in [1.82, 2.24) is 25.2 Å². The number of nitrogens with one attached hydrogen (secondary N) is 1. The van der Waals surface area contributed by atoms with Crippen molar-refractivity contribution in [2.24, 2.45) is 5.41 Å². The Bertz CT molecular complexity index is 1960. The normalized spacial score (nSPS) is 25.8. The van der Waals surface area contributed by atoms with Crippen LogP contribution in [0.3, 0.4) is 0 Å². The number of terminal acetylenes is 1. The van der Waals surface area contributed by atoms with Crippen LogP contribution in [0.5, 0.6) is 17.6 Å². The second-order valence-electron chi connectivity index (χ2n) is 13.9.